The summed E-state index contributed by atoms with van der Waals surface area (Å²) in [7, 11) is 0. The molecule has 0 aliphatic rings. The van der Waals surface area contributed by atoms with Crippen LogP contribution in [0.1, 0.15) is 6.92 Å². The second-order valence-corrected chi connectivity index (χ2v) is 1.03. The van der Waals surface area contributed by atoms with Gasteiger partial charge in [-0.3, -0.25) is 0 Å². The van der Waals surface area contributed by atoms with Crippen molar-refractivity contribution in [3.63, 3.8) is 0 Å². The smallest absolute Gasteiger partial charge is 0.0742 e. The van der Waals surface area contributed by atoms with E-state index in [4.69, 9.17) is 10.2 Å². The van der Waals surface area contributed by atoms with Gasteiger partial charge >= 0.3 is 0 Å². The fraction of sp³-hybridized carbons (Fsp3) is 1.00. The van der Waals surface area contributed by atoms with E-state index in [1.54, 1.807) is 0 Å². The molecule has 34 valence electrons. The summed E-state index contributed by atoms with van der Waals surface area (Å²) in [5.41, 5.74) is 0. The molecule has 0 bridgehead atoms. The molecule has 0 aromatic carbocycles. The average Bonchev–Trinajstić information content (AvgIpc) is 1.38. The van der Waals surface area contributed by atoms with E-state index in [1.807, 2.05) is 0 Å². The molecule has 0 amide bonds. The Morgan fingerprint density at radius 2 is 1.83 bits per heavy atom. The Kier molecular flexibility index (Phi) is 11.3. The summed E-state index contributed by atoms with van der Waals surface area (Å²) >= 11 is 0. The van der Waals surface area contributed by atoms with Crippen LogP contribution in [0.3, 0.4) is 0 Å². The molecule has 0 rings (SSSR count). The van der Waals surface area contributed by atoms with Gasteiger partial charge in [0, 0.05) is 48.9 Å². The molecule has 0 aliphatic heterocycles. The molecule has 0 heterocycles. The van der Waals surface area contributed by atoms with Crippen LogP contribution in [0.4, 0.5) is 0 Å². The third kappa shape index (κ3) is 9.09. The Hall–Kier alpha value is 1.49. The van der Waals surface area contributed by atoms with E-state index in [1.165, 1.54) is 6.92 Å². The second kappa shape index (κ2) is 6.49. The van der Waals surface area contributed by atoms with Crippen molar-refractivity contribution >= 4 is 48.9 Å². The van der Waals surface area contributed by atoms with Gasteiger partial charge in [-0.25, -0.2) is 0 Å². The maximum atomic E-state index is 8.11. The van der Waals surface area contributed by atoms with Crippen molar-refractivity contribution in [3.05, 3.63) is 0 Å². The number of aliphatic hydroxyl groups is 2. The molecule has 0 spiro atoms. The topological polar surface area (TPSA) is 40.5 Å². The van der Waals surface area contributed by atoms with Crippen molar-refractivity contribution in [2.75, 3.05) is 6.61 Å². The molecular weight excluding hydrogens is 205 g/mol. The summed E-state index contributed by atoms with van der Waals surface area (Å²) in [6, 6.07) is 0. The predicted molar refractivity (Wildman–Crippen MR) is 24.5 cm³/mol. The van der Waals surface area contributed by atoms with Crippen molar-refractivity contribution in [3.8, 4) is 0 Å². The van der Waals surface area contributed by atoms with Crippen LogP contribution in [0.25, 0.3) is 0 Å². The van der Waals surface area contributed by atoms with Gasteiger partial charge < -0.3 is 10.2 Å². The average molecular weight is 213 g/mol. The predicted octanol–water partition coefficient (Wildman–Crippen LogP) is -1.02. The summed E-state index contributed by atoms with van der Waals surface area (Å²) in [5, 5.41) is 16.0. The van der Waals surface area contributed by atoms with Gasteiger partial charge in [-0.15, -0.1) is 0 Å². The zero-order valence-corrected chi connectivity index (χ0v) is 8.33. The van der Waals surface area contributed by atoms with Crippen molar-refractivity contribution in [1.29, 1.82) is 0 Å². The Labute approximate surface area is 77.6 Å². The number of hydrogen-bond acceptors (Lipinski definition) is 2. The van der Waals surface area contributed by atoms with Gasteiger partial charge in [0.2, 0.25) is 0 Å². The molecule has 0 saturated heterocycles. The van der Waals surface area contributed by atoms with Crippen molar-refractivity contribution in [2.45, 2.75) is 13.0 Å². The largest absolute Gasteiger partial charge is 0.394 e. The van der Waals surface area contributed by atoms with E-state index in [0.717, 1.165) is 0 Å². The van der Waals surface area contributed by atoms with Crippen molar-refractivity contribution in [2.24, 2.45) is 0 Å². The van der Waals surface area contributed by atoms with E-state index in [2.05, 4.69) is 0 Å². The SMILES string of the molecule is CC(O)CO.[Ba]. The van der Waals surface area contributed by atoms with Gasteiger partial charge in [0.25, 0.3) is 0 Å². The Morgan fingerprint density at radius 3 is 1.83 bits per heavy atom. The molecule has 1 unspecified atom stereocenters. The molecule has 2 N–H and O–H groups in total. The first-order valence-electron chi connectivity index (χ1n) is 1.56. The second-order valence-electron chi connectivity index (χ2n) is 1.03. The summed E-state index contributed by atoms with van der Waals surface area (Å²) in [6.07, 6.45) is -0.560. The first kappa shape index (κ1) is 10.5. The van der Waals surface area contributed by atoms with Crippen LogP contribution >= 0.6 is 0 Å². The molecule has 0 aromatic heterocycles. The van der Waals surface area contributed by atoms with Crippen molar-refractivity contribution < 1.29 is 10.2 Å². The molecule has 2 nitrogen and oxygen atoms in total. The summed E-state index contributed by atoms with van der Waals surface area (Å²) in [5.74, 6) is 0. The quantitative estimate of drug-likeness (QED) is 0.548. The normalized spacial score (nSPS) is 12.5. The van der Waals surface area contributed by atoms with Crippen LogP contribution in [-0.4, -0.2) is 71.8 Å². The number of rotatable bonds is 1. The maximum absolute atomic E-state index is 8.11. The van der Waals surface area contributed by atoms with Crippen LogP contribution in [0.15, 0.2) is 0 Å². The van der Waals surface area contributed by atoms with Gasteiger partial charge in [-0.1, -0.05) is 0 Å². The van der Waals surface area contributed by atoms with Crippen molar-refractivity contribution in [1.82, 2.24) is 0 Å². The third-order valence-electron chi connectivity index (χ3n) is 0.264. The summed E-state index contributed by atoms with van der Waals surface area (Å²) in [4.78, 5) is 0. The molecule has 1 atom stereocenters. The minimum atomic E-state index is -0.560. The van der Waals surface area contributed by atoms with Crippen LogP contribution < -0.4 is 0 Å². The first-order chi connectivity index (χ1) is 2.27. The van der Waals surface area contributed by atoms with Crippen LogP contribution in [0, 0.1) is 0 Å². The third-order valence-corrected chi connectivity index (χ3v) is 0.264. The van der Waals surface area contributed by atoms with Crippen LogP contribution in [-0.2, 0) is 0 Å². The van der Waals surface area contributed by atoms with Gasteiger partial charge in [-0.05, 0) is 6.92 Å². The zero-order chi connectivity index (χ0) is 4.28. The molecule has 3 heteroatoms. The summed E-state index contributed by atoms with van der Waals surface area (Å²) < 4.78 is 0. The fourth-order valence-electron chi connectivity index (χ4n) is 0. The van der Waals surface area contributed by atoms with E-state index in [-0.39, 0.29) is 55.5 Å². The van der Waals surface area contributed by atoms with Gasteiger partial charge in [0.05, 0.1) is 12.7 Å². The number of aliphatic hydroxyl groups excluding tert-OH is 2. The minimum absolute atomic E-state index is 0. The molecular formula is C3H8BaO2. The van der Waals surface area contributed by atoms with Gasteiger partial charge in [0.1, 0.15) is 0 Å². The standard InChI is InChI=1S/C3H8O2.Ba/c1-3(5)2-4;/h3-5H,2H2,1H3;. The van der Waals surface area contributed by atoms with E-state index in [9.17, 15) is 0 Å². The van der Waals surface area contributed by atoms with E-state index >= 15 is 0 Å². The summed E-state index contributed by atoms with van der Waals surface area (Å²) in [6.45, 7) is 1.39. The molecule has 0 aliphatic carbocycles. The molecule has 0 saturated carbocycles. The number of hydrogen-bond donors (Lipinski definition) is 2. The van der Waals surface area contributed by atoms with E-state index < -0.39 is 6.10 Å². The Bertz CT molecular complexity index is 22.8. The first-order valence-corrected chi connectivity index (χ1v) is 1.56. The maximum Gasteiger partial charge on any atom is 0.0742 e. The van der Waals surface area contributed by atoms with Crippen LogP contribution in [0.5, 0.6) is 0 Å². The molecule has 0 aromatic rings. The minimum Gasteiger partial charge on any atom is -0.394 e. The molecule has 6 heavy (non-hydrogen) atoms. The van der Waals surface area contributed by atoms with Gasteiger partial charge in [-0.2, -0.15) is 0 Å². The van der Waals surface area contributed by atoms with E-state index in [0.29, 0.717) is 0 Å². The molecule has 0 fully saturated rings. The molecule has 2 radical (unpaired) electrons. The monoisotopic (exact) mass is 214 g/mol. The Morgan fingerprint density at radius 1 is 1.67 bits per heavy atom. The Balaban J connectivity index is 0. The van der Waals surface area contributed by atoms with Crippen LogP contribution in [0.2, 0.25) is 0 Å². The fourth-order valence-corrected chi connectivity index (χ4v) is 0. The zero-order valence-electron chi connectivity index (χ0n) is 3.89. The van der Waals surface area contributed by atoms with Gasteiger partial charge in [0.15, 0.2) is 0 Å².